The zero-order valence-electron chi connectivity index (χ0n) is 10.9. The Morgan fingerprint density at radius 2 is 2.00 bits per heavy atom. The van der Waals surface area contributed by atoms with Crippen LogP contribution in [-0.2, 0) is 6.54 Å². The Balaban J connectivity index is 1.99. The average molecular weight is 334 g/mol. The Morgan fingerprint density at radius 1 is 1.15 bits per heavy atom. The third kappa shape index (κ3) is 2.43. The predicted octanol–water partition coefficient (Wildman–Crippen LogP) is 4.60. The van der Waals surface area contributed by atoms with Crippen molar-refractivity contribution in [1.82, 2.24) is 4.57 Å². The predicted molar refractivity (Wildman–Crippen MR) is 81.7 cm³/mol. The quantitative estimate of drug-likeness (QED) is 0.683. The molecule has 20 heavy (non-hydrogen) atoms. The van der Waals surface area contributed by atoms with Gasteiger partial charge in [-0.05, 0) is 29.7 Å². The number of nitrogens with zero attached hydrogens (tertiary/aromatic N) is 1. The van der Waals surface area contributed by atoms with E-state index < -0.39 is 0 Å². The van der Waals surface area contributed by atoms with Crippen LogP contribution in [0.15, 0.2) is 53.1 Å². The minimum atomic E-state index is -0.249. The van der Waals surface area contributed by atoms with E-state index >= 15 is 0 Å². The van der Waals surface area contributed by atoms with E-state index in [0.717, 1.165) is 15.4 Å². The molecule has 0 amide bonds. The van der Waals surface area contributed by atoms with E-state index in [1.165, 1.54) is 13.2 Å². The maximum absolute atomic E-state index is 14.0. The largest absolute Gasteiger partial charge is 0.497 e. The van der Waals surface area contributed by atoms with Gasteiger partial charge in [0.15, 0.2) is 0 Å². The second kappa shape index (κ2) is 5.29. The van der Waals surface area contributed by atoms with Crippen molar-refractivity contribution in [2.24, 2.45) is 0 Å². The maximum atomic E-state index is 14.0. The number of benzene rings is 2. The van der Waals surface area contributed by atoms with Crippen LogP contribution in [0.3, 0.4) is 0 Å². The first-order valence-electron chi connectivity index (χ1n) is 6.24. The number of hydrogen-bond donors (Lipinski definition) is 0. The molecule has 3 rings (SSSR count). The maximum Gasteiger partial charge on any atom is 0.131 e. The van der Waals surface area contributed by atoms with Crippen LogP contribution in [-0.4, -0.2) is 11.7 Å². The van der Waals surface area contributed by atoms with Gasteiger partial charge in [-0.2, -0.15) is 0 Å². The second-order valence-electron chi connectivity index (χ2n) is 4.60. The highest BCUT2D eigenvalue weighted by atomic mass is 79.9. The summed E-state index contributed by atoms with van der Waals surface area (Å²) in [5, 5.41) is 1.14. The molecule has 0 aliphatic carbocycles. The van der Waals surface area contributed by atoms with E-state index in [1.807, 2.05) is 35.0 Å². The minimum Gasteiger partial charge on any atom is -0.497 e. The van der Waals surface area contributed by atoms with Gasteiger partial charge in [0.05, 0.1) is 13.7 Å². The van der Waals surface area contributed by atoms with Gasteiger partial charge in [-0.3, -0.25) is 0 Å². The van der Waals surface area contributed by atoms with E-state index in [9.17, 15) is 4.39 Å². The van der Waals surface area contributed by atoms with Crippen molar-refractivity contribution >= 4 is 26.8 Å². The van der Waals surface area contributed by atoms with Crippen molar-refractivity contribution in [3.8, 4) is 5.75 Å². The molecule has 0 atom stereocenters. The Bertz CT molecular complexity index is 766. The number of aromatic nitrogens is 1. The molecular formula is C16H13BrFNO. The number of methoxy groups -OCH3 is 1. The first kappa shape index (κ1) is 13.2. The lowest BCUT2D eigenvalue weighted by atomic mass is 10.2. The van der Waals surface area contributed by atoms with Crippen LogP contribution in [0.2, 0.25) is 0 Å². The Morgan fingerprint density at radius 3 is 2.75 bits per heavy atom. The summed E-state index contributed by atoms with van der Waals surface area (Å²) in [5.41, 5.74) is 1.72. The lowest BCUT2D eigenvalue weighted by Gasteiger charge is -2.08. The molecule has 0 aliphatic heterocycles. The molecule has 2 nitrogen and oxygen atoms in total. The average Bonchev–Trinajstić information content (AvgIpc) is 2.83. The number of halogens is 2. The van der Waals surface area contributed by atoms with Crippen molar-refractivity contribution in [3.05, 3.63) is 64.5 Å². The van der Waals surface area contributed by atoms with Crippen molar-refractivity contribution in [1.29, 1.82) is 0 Å². The summed E-state index contributed by atoms with van der Waals surface area (Å²) in [5.74, 6) is 0.285. The van der Waals surface area contributed by atoms with E-state index in [0.29, 0.717) is 17.9 Å². The summed E-state index contributed by atoms with van der Waals surface area (Å²) in [6, 6.07) is 13.1. The summed E-state index contributed by atoms with van der Waals surface area (Å²) >= 11 is 3.47. The summed E-state index contributed by atoms with van der Waals surface area (Å²) < 4.78 is 22.1. The number of fused-ring (bicyclic) bond motifs is 1. The summed E-state index contributed by atoms with van der Waals surface area (Å²) in [7, 11) is 1.53. The van der Waals surface area contributed by atoms with Crippen LogP contribution in [0.5, 0.6) is 5.75 Å². The lowest BCUT2D eigenvalue weighted by molar-refractivity contribution is 0.410. The third-order valence-electron chi connectivity index (χ3n) is 3.34. The lowest BCUT2D eigenvalue weighted by Crippen LogP contribution is -2.01. The summed E-state index contributed by atoms with van der Waals surface area (Å²) in [4.78, 5) is 0. The zero-order chi connectivity index (χ0) is 14.1. The fraction of sp³-hybridized carbons (Fsp3) is 0.125. The standard InChI is InChI=1S/C16H13BrFNO/c1-20-14-5-3-12(15(18)9-14)10-19-7-6-11-2-4-13(17)8-16(11)19/h2-9H,10H2,1H3. The van der Waals surface area contributed by atoms with Crippen LogP contribution < -0.4 is 4.74 Å². The van der Waals surface area contributed by atoms with Crippen LogP contribution in [0.25, 0.3) is 10.9 Å². The SMILES string of the molecule is COc1ccc(Cn2ccc3ccc(Br)cc32)c(F)c1. The van der Waals surface area contributed by atoms with E-state index in [-0.39, 0.29) is 5.82 Å². The number of rotatable bonds is 3. The molecule has 102 valence electrons. The highest BCUT2D eigenvalue weighted by molar-refractivity contribution is 9.10. The molecule has 0 saturated heterocycles. The Hall–Kier alpha value is -1.81. The summed E-state index contributed by atoms with van der Waals surface area (Å²) in [6.45, 7) is 0.496. The highest BCUT2D eigenvalue weighted by Gasteiger charge is 2.07. The molecule has 0 bridgehead atoms. The van der Waals surface area contributed by atoms with Crippen molar-refractivity contribution < 1.29 is 9.13 Å². The second-order valence-corrected chi connectivity index (χ2v) is 5.52. The highest BCUT2D eigenvalue weighted by Crippen LogP contribution is 2.23. The first-order chi connectivity index (χ1) is 9.67. The molecule has 0 aliphatic rings. The zero-order valence-corrected chi connectivity index (χ0v) is 12.5. The van der Waals surface area contributed by atoms with Crippen LogP contribution in [0.4, 0.5) is 4.39 Å². The number of hydrogen-bond acceptors (Lipinski definition) is 1. The molecule has 0 fully saturated rings. The molecule has 3 aromatic rings. The van der Waals surface area contributed by atoms with Gasteiger partial charge in [-0.1, -0.05) is 28.1 Å². The van der Waals surface area contributed by atoms with Crippen molar-refractivity contribution in [3.63, 3.8) is 0 Å². The molecule has 1 aromatic heterocycles. The normalized spacial score (nSPS) is 10.9. The van der Waals surface area contributed by atoms with Crippen molar-refractivity contribution in [2.75, 3.05) is 7.11 Å². The van der Waals surface area contributed by atoms with Gasteiger partial charge < -0.3 is 9.30 Å². The van der Waals surface area contributed by atoms with Crippen LogP contribution in [0.1, 0.15) is 5.56 Å². The Kier molecular flexibility index (Phi) is 3.49. The van der Waals surface area contributed by atoms with E-state index in [4.69, 9.17) is 4.74 Å². The van der Waals surface area contributed by atoms with Gasteiger partial charge in [0.2, 0.25) is 0 Å². The molecule has 0 spiro atoms. The molecule has 0 unspecified atom stereocenters. The van der Waals surface area contributed by atoms with Gasteiger partial charge in [0.1, 0.15) is 11.6 Å². The first-order valence-corrected chi connectivity index (χ1v) is 7.03. The van der Waals surface area contributed by atoms with E-state index in [1.54, 1.807) is 12.1 Å². The van der Waals surface area contributed by atoms with Gasteiger partial charge in [-0.15, -0.1) is 0 Å². The summed E-state index contributed by atoms with van der Waals surface area (Å²) in [6.07, 6.45) is 1.97. The van der Waals surface area contributed by atoms with Crippen LogP contribution >= 0.6 is 15.9 Å². The monoisotopic (exact) mass is 333 g/mol. The smallest absolute Gasteiger partial charge is 0.131 e. The molecule has 0 N–H and O–H groups in total. The molecule has 2 aromatic carbocycles. The van der Waals surface area contributed by atoms with Gasteiger partial charge in [-0.25, -0.2) is 4.39 Å². The fourth-order valence-electron chi connectivity index (χ4n) is 2.26. The van der Waals surface area contributed by atoms with Gasteiger partial charge >= 0.3 is 0 Å². The molecule has 0 saturated carbocycles. The molecule has 4 heteroatoms. The molecule has 0 radical (unpaired) electrons. The van der Waals surface area contributed by atoms with Crippen LogP contribution in [0, 0.1) is 5.82 Å². The third-order valence-corrected chi connectivity index (χ3v) is 3.83. The Labute approximate surface area is 124 Å². The number of ether oxygens (including phenoxy) is 1. The fourth-order valence-corrected chi connectivity index (χ4v) is 2.61. The van der Waals surface area contributed by atoms with Gasteiger partial charge in [0, 0.05) is 27.8 Å². The molecular weight excluding hydrogens is 321 g/mol. The molecule has 1 heterocycles. The minimum absolute atomic E-state index is 0.249. The van der Waals surface area contributed by atoms with Gasteiger partial charge in [0.25, 0.3) is 0 Å². The van der Waals surface area contributed by atoms with Crippen molar-refractivity contribution in [2.45, 2.75) is 6.54 Å². The van der Waals surface area contributed by atoms with E-state index in [2.05, 4.69) is 15.9 Å². The topological polar surface area (TPSA) is 14.2 Å².